The lowest BCUT2D eigenvalue weighted by Gasteiger charge is -2.20. The van der Waals surface area contributed by atoms with Crippen LogP contribution in [0.25, 0.3) is 5.69 Å². The Bertz CT molecular complexity index is 796. The predicted octanol–water partition coefficient (Wildman–Crippen LogP) is 1.39. The Morgan fingerprint density at radius 2 is 2.39 bits per heavy atom. The van der Waals surface area contributed by atoms with Crippen LogP contribution in [0.5, 0.6) is 5.75 Å². The van der Waals surface area contributed by atoms with Gasteiger partial charge in [0, 0.05) is 31.3 Å². The van der Waals surface area contributed by atoms with Crippen molar-refractivity contribution in [3.8, 4) is 11.4 Å². The van der Waals surface area contributed by atoms with Crippen molar-refractivity contribution in [2.75, 3.05) is 6.54 Å². The summed E-state index contributed by atoms with van der Waals surface area (Å²) in [6, 6.07) is 5.97. The molecule has 1 N–H and O–H groups in total. The molecule has 0 aliphatic carbocycles. The van der Waals surface area contributed by atoms with Crippen LogP contribution >= 0.6 is 0 Å². The Labute approximate surface area is 132 Å². The zero-order valence-corrected chi connectivity index (χ0v) is 12.7. The van der Waals surface area contributed by atoms with E-state index in [-0.39, 0.29) is 12.0 Å². The van der Waals surface area contributed by atoms with E-state index >= 15 is 0 Å². The number of imidazole rings is 1. The standard InChI is InChI=1S/C16H16N4O3/c1-10(21)18-8-12-7-13(19-23-12)11-2-3-14-15(6-11)22-9-16-17-4-5-20(14)16/h2-6,12H,7-9H2,1H3,(H,18,21). The first kappa shape index (κ1) is 13.8. The zero-order chi connectivity index (χ0) is 15.8. The summed E-state index contributed by atoms with van der Waals surface area (Å²) >= 11 is 0. The molecular formula is C16H16N4O3. The molecule has 1 aromatic carbocycles. The number of nitrogens with one attached hydrogen (secondary N) is 1. The summed E-state index contributed by atoms with van der Waals surface area (Å²) in [4.78, 5) is 20.6. The zero-order valence-electron chi connectivity index (χ0n) is 12.7. The van der Waals surface area contributed by atoms with Gasteiger partial charge in [0.05, 0.1) is 17.9 Å². The molecule has 0 saturated heterocycles. The van der Waals surface area contributed by atoms with Crippen molar-refractivity contribution in [3.05, 3.63) is 42.0 Å². The van der Waals surface area contributed by atoms with Crippen LogP contribution < -0.4 is 10.1 Å². The number of oxime groups is 1. The van der Waals surface area contributed by atoms with Crippen LogP contribution in [0.2, 0.25) is 0 Å². The molecule has 0 saturated carbocycles. The quantitative estimate of drug-likeness (QED) is 0.929. The average molecular weight is 312 g/mol. The molecule has 2 aromatic rings. The van der Waals surface area contributed by atoms with Crippen molar-refractivity contribution in [3.63, 3.8) is 0 Å². The van der Waals surface area contributed by atoms with Crippen molar-refractivity contribution < 1.29 is 14.4 Å². The van der Waals surface area contributed by atoms with Crippen LogP contribution in [-0.2, 0) is 16.2 Å². The van der Waals surface area contributed by atoms with Crippen molar-refractivity contribution in [1.29, 1.82) is 0 Å². The molecule has 118 valence electrons. The molecule has 0 bridgehead atoms. The fourth-order valence-electron chi connectivity index (χ4n) is 2.78. The van der Waals surface area contributed by atoms with Gasteiger partial charge >= 0.3 is 0 Å². The Morgan fingerprint density at radius 1 is 1.48 bits per heavy atom. The van der Waals surface area contributed by atoms with Gasteiger partial charge in [-0.1, -0.05) is 11.2 Å². The third-order valence-corrected chi connectivity index (χ3v) is 3.94. The monoisotopic (exact) mass is 312 g/mol. The molecule has 2 aliphatic heterocycles. The van der Waals surface area contributed by atoms with Gasteiger partial charge in [0.2, 0.25) is 5.91 Å². The molecule has 1 unspecified atom stereocenters. The summed E-state index contributed by atoms with van der Waals surface area (Å²) in [5.74, 6) is 1.63. The molecule has 2 aliphatic rings. The second-order valence-corrected chi connectivity index (χ2v) is 5.59. The van der Waals surface area contributed by atoms with Gasteiger partial charge in [0.25, 0.3) is 0 Å². The topological polar surface area (TPSA) is 77.7 Å². The maximum absolute atomic E-state index is 11.0. The van der Waals surface area contributed by atoms with Crippen LogP contribution in [0, 0.1) is 0 Å². The lowest BCUT2D eigenvalue weighted by molar-refractivity contribution is -0.119. The van der Waals surface area contributed by atoms with Gasteiger partial charge in [-0.3, -0.25) is 9.36 Å². The van der Waals surface area contributed by atoms with E-state index in [2.05, 4.69) is 15.5 Å². The first-order valence-corrected chi connectivity index (χ1v) is 7.47. The smallest absolute Gasteiger partial charge is 0.217 e. The summed E-state index contributed by atoms with van der Waals surface area (Å²) < 4.78 is 7.80. The van der Waals surface area contributed by atoms with E-state index in [1.807, 2.05) is 29.0 Å². The molecular weight excluding hydrogens is 296 g/mol. The molecule has 7 nitrogen and oxygen atoms in total. The minimum absolute atomic E-state index is 0.0691. The van der Waals surface area contributed by atoms with Crippen molar-refractivity contribution >= 4 is 11.6 Å². The Hall–Kier alpha value is -2.83. The van der Waals surface area contributed by atoms with E-state index in [1.165, 1.54) is 6.92 Å². The molecule has 0 spiro atoms. The molecule has 23 heavy (non-hydrogen) atoms. The SMILES string of the molecule is CC(=O)NCC1CC(c2ccc3c(c2)OCc2nccn2-3)=NO1. The number of hydrogen-bond donors (Lipinski definition) is 1. The number of benzene rings is 1. The summed E-state index contributed by atoms with van der Waals surface area (Å²) in [5, 5.41) is 6.88. The maximum Gasteiger partial charge on any atom is 0.217 e. The third kappa shape index (κ3) is 2.54. The average Bonchev–Trinajstić information content (AvgIpc) is 3.21. The number of ether oxygens (including phenoxy) is 1. The summed E-state index contributed by atoms with van der Waals surface area (Å²) in [7, 11) is 0. The third-order valence-electron chi connectivity index (χ3n) is 3.94. The van der Waals surface area contributed by atoms with E-state index in [0.29, 0.717) is 19.6 Å². The highest BCUT2D eigenvalue weighted by Crippen LogP contribution is 2.31. The van der Waals surface area contributed by atoms with Crippen molar-refractivity contribution in [1.82, 2.24) is 14.9 Å². The summed E-state index contributed by atoms with van der Waals surface area (Å²) in [5.41, 5.74) is 2.81. The maximum atomic E-state index is 11.0. The lowest BCUT2D eigenvalue weighted by Crippen LogP contribution is -2.30. The lowest BCUT2D eigenvalue weighted by atomic mass is 10.0. The van der Waals surface area contributed by atoms with Gasteiger partial charge in [-0.15, -0.1) is 0 Å². The summed E-state index contributed by atoms with van der Waals surface area (Å²) in [6.45, 7) is 2.40. The second-order valence-electron chi connectivity index (χ2n) is 5.59. The fourth-order valence-corrected chi connectivity index (χ4v) is 2.78. The normalized spacial score (nSPS) is 18.3. The number of carbonyl (C=O) groups excluding carboxylic acids is 1. The van der Waals surface area contributed by atoms with E-state index < -0.39 is 0 Å². The molecule has 1 atom stereocenters. The van der Waals surface area contributed by atoms with Crippen LogP contribution in [-0.4, -0.2) is 33.8 Å². The number of carbonyl (C=O) groups is 1. The van der Waals surface area contributed by atoms with Gasteiger partial charge in [-0.2, -0.15) is 0 Å². The van der Waals surface area contributed by atoms with E-state index in [4.69, 9.17) is 9.57 Å². The van der Waals surface area contributed by atoms with E-state index in [1.54, 1.807) is 6.20 Å². The van der Waals surface area contributed by atoms with Gasteiger partial charge in [0.15, 0.2) is 5.82 Å². The molecule has 3 heterocycles. The minimum Gasteiger partial charge on any atom is -0.483 e. The Kier molecular flexibility index (Phi) is 3.25. The van der Waals surface area contributed by atoms with Crippen LogP contribution in [0.3, 0.4) is 0 Å². The summed E-state index contributed by atoms with van der Waals surface area (Å²) in [6.07, 6.45) is 4.24. The van der Waals surface area contributed by atoms with Gasteiger partial charge in [-0.05, 0) is 12.1 Å². The molecule has 4 rings (SSSR count). The van der Waals surface area contributed by atoms with E-state index in [0.717, 1.165) is 28.5 Å². The highest BCUT2D eigenvalue weighted by molar-refractivity contribution is 6.01. The molecule has 0 fully saturated rings. The molecule has 1 amide bonds. The first-order valence-electron chi connectivity index (χ1n) is 7.47. The number of rotatable bonds is 3. The minimum atomic E-state index is -0.119. The number of hydrogen-bond acceptors (Lipinski definition) is 5. The van der Waals surface area contributed by atoms with Crippen molar-refractivity contribution in [2.45, 2.75) is 26.1 Å². The Morgan fingerprint density at radius 3 is 3.26 bits per heavy atom. The van der Waals surface area contributed by atoms with E-state index in [9.17, 15) is 4.79 Å². The largest absolute Gasteiger partial charge is 0.483 e. The second kappa shape index (κ2) is 5.42. The molecule has 0 radical (unpaired) electrons. The van der Waals surface area contributed by atoms with Crippen LogP contribution in [0.4, 0.5) is 0 Å². The number of nitrogens with zero attached hydrogens (tertiary/aromatic N) is 3. The predicted molar refractivity (Wildman–Crippen MR) is 82.6 cm³/mol. The molecule has 1 aromatic heterocycles. The van der Waals surface area contributed by atoms with Crippen LogP contribution in [0.1, 0.15) is 24.7 Å². The van der Waals surface area contributed by atoms with Crippen LogP contribution in [0.15, 0.2) is 35.7 Å². The van der Waals surface area contributed by atoms with Crippen molar-refractivity contribution in [2.24, 2.45) is 5.16 Å². The van der Waals surface area contributed by atoms with Gasteiger partial charge < -0.3 is 14.9 Å². The number of fused-ring (bicyclic) bond motifs is 3. The molecule has 7 heteroatoms. The number of amides is 1. The Balaban J connectivity index is 1.53. The van der Waals surface area contributed by atoms with Gasteiger partial charge in [0.1, 0.15) is 18.5 Å². The first-order chi connectivity index (χ1) is 11.2. The van der Waals surface area contributed by atoms with Gasteiger partial charge in [-0.25, -0.2) is 4.98 Å². The highest BCUT2D eigenvalue weighted by Gasteiger charge is 2.24. The fraction of sp³-hybridized carbons (Fsp3) is 0.312. The number of aromatic nitrogens is 2. The highest BCUT2D eigenvalue weighted by atomic mass is 16.6.